The molecular formula is C20H23FN8. The fourth-order valence-corrected chi connectivity index (χ4v) is 3.21. The third-order valence-corrected chi connectivity index (χ3v) is 4.82. The summed E-state index contributed by atoms with van der Waals surface area (Å²) in [6.45, 7) is 3.75. The minimum absolute atomic E-state index is 0.261. The van der Waals surface area contributed by atoms with E-state index in [0.717, 1.165) is 43.5 Å². The molecule has 1 aromatic carbocycles. The SMILES string of the molecule is NC(=NCCc1ccn(-c2ccc(F)cc2)n1)N1CCN(c2ncccn2)CC1. The van der Waals surface area contributed by atoms with Crippen molar-refractivity contribution in [1.29, 1.82) is 0 Å². The molecule has 2 N–H and O–H groups in total. The maximum Gasteiger partial charge on any atom is 0.225 e. The van der Waals surface area contributed by atoms with E-state index < -0.39 is 0 Å². The molecule has 0 spiro atoms. The van der Waals surface area contributed by atoms with Crippen molar-refractivity contribution in [1.82, 2.24) is 24.6 Å². The molecule has 9 heteroatoms. The average Bonchev–Trinajstić information content (AvgIpc) is 3.24. The molecule has 0 radical (unpaired) electrons. The Kier molecular flexibility index (Phi) is 5.64. The van der Waals surface area contributed by atoms with Gasteiger partial charge in [0.25, 0.3) is 0 Å². The smallest absolute Gasteiger partial charge is 0.225 e. The highest BCUT2D eigenvalue weighted by atomic mass is 19.1. The van der Waals surface area contributed by atoms with Crippen LogP contribution in [0, 0.1) is 5.82 Å². The van der Waals surface area contributed by atoms with Gasteiger partial charge in [-0.15, -0.1) is 0 Å². The molecule has 2 aromatic heterocycles. The lowest BCUT2D eigenvalue weighted by Gasteiger charge is -2.35. The summed E-state index contributed by atoms with van der Waals surface area (Å²) in [6.07, 6.45) is 6.05. The van der Waals surface area contributed by atoms with Gasteiger partial charge in [-0.05, 0) is 36.4 Å². The van der Waals surface area contributed by atoms with Crippen LogP contribution in [0.3, 0.4) is 0 Å². The zero-order valence-corrected chi connectivity index (χ0v) is 16.0. The summed E-state index contributed by atoms with van der Waals surface area (Å²) in [5, 5.41) is 4.51. The minimum atomic E-state index is -0.261. The number of benzene rings is 1. The second-order valence-corrected chi connectivity index (χ2v) is 6.74. The van der Waals surface area contributed by atoms with Crippen LogP contribution in [-0.2, 0) is 6.42 Å². The summed E-state index contributed by atoms with van der Waals surface area (Å²) >= 11 is 0. The summed E-state index contributed by atoms with van der Waals surface area (Å²) < 4.78 is 14.8. The van der Waals surface area contributed by atoms with E-state index in [9.17, 15) is 4.39 Å². The fraction of sp³-hybridized carbons (Fsp3) is 0.300. The largest absolute Gasteiger partial charge is 0.370 e. The first kappa shape index (κ1) is 18.9. The molecule has 1 saturated heterocycles. The van der Waals surface area contributed by atoms with E-state index in [1.165, 1.54) is 12.1 Å². The van der Waals surface area contributed by atoms with E-state index in [2.05, 4.69) is 29.9 Å². The number of hydrogen-bond donors (Lipinski definition) is 1. The molecule has 150 valence electrons. The standard InChI is InChI=1S/C20H23FN8/c21-16-2-4-18(5-3-16)29-11-7-17(26-29)6-10-23-19(22)27-12-14-28(15-13-27)20-24-8-1-9-25-20/h1-5,7-9,11H,6,10,12-15H2,(H2,22,23). The zero-order chi connectivity index (χ0) is 20.1. The highest BCUT2D eigenvalue weighted by Crippen LogP contribution is 2.11. The first-order chi connectivity index (χ1) is 14.2. The van der Waals surface area contributed by atoms with Crippen LogP contribution in [0.2, 0.25) is 0 Å². The lowest BCUT2D eigenvalue weighted by molar-refractivity contribution is 0.378. The van der Waals surface area contributed by atoms with Gasteiger partial charge in [0, 0.05) is 57.7 Å². The van der Waals surface area contributed by atoms with E-state index in [-0.39, 0.29) is 5.82 Å². The molecule has 1 aliphatic rings. The molecule has 0 bridgehead atoms. The van der Waals surface area contributed by atoms with Crippen molar-refractivity contribution in [3.05, 3.63) is 66.5 Å². The second kappa shape index (κ2) is 8.68. The number of halogens is 1. The normalized spacial score (nSPS) is 15.0. The molecule has 3 aromatic rings. The van der Waals surface area contributed by atoms with Gasteiger partial charge in [-0.3, -0.25) is 4.99 Å². The Morgan fingerprint density at radius 1 is 1.03 bits per heavy atom. The highest BCUT2D eigenvalue weighted by molar-refractivity contribution is 5.78. The van der Waals surface area contributed by atoms with Gasteiger partial charge in [0.15, 0.2) is 5.96 Å². The van der Waals surface area contributed by atoms with Crippen LogP contribution in [0.25, 0.3) is 5.69 Å². The Morgan fingerprint density at radius 3 is 2.48 bits per heavy atom. The van der Waals surface area contributed by atoms with Gasteiger partial charge in [-0.2, -0.15) is 5.10 Å². The van der Waals surface area contributed by atoms with Crippen LogP contribution in [0.4, 0.5) is 10.3 Å². The van der Waals surface area contributed by atoms with Crippen molar-refractivity contribution >= 4 is 11.9 Å². The summed E-state index contributed by atoms with van der Waals surface area (Å²) in [6, 6.07) is 9.99. The van der Waals surface area contributed by atoms with Gasteiger partial charge in [0.05, 0.1) is 11.4 Å². The summed E-state index contributed by atoms with van der Waals surface area (Å²) in [5.74, 6) is 1.04. The molecule has 8 nitrogen and oxygen atoms in total. The molecule has 0 aliphatic carbocycles. The van der Waals surface area contributed by atoms with E-state index >= 15 is 0 Å². The number of hydrogen-bond acceptors (Lipinski definition) is 5. The van der Waals surface area contributed by atoms with Crippen molar-refractivity contribution in [2.24, 2.45) is 10.7 Å². The predicted octanol–water partition coefficient (Wildman–Crippen LogP) is 1.48. The Hall–Kier alpha value is -3.49. The number of rotatable bonds is 5. The third-order valence-electron chi connectivity index (χ3n) is 4.82. The van der Waals surface area contributed by atoms with E-state index in [0.29, 0.717) is 18.9 Å². The molecule has 4 rings (SSSR count). The van der Waals surface area contributed by atoms with Crippen molar-refractivity contribution in [2.45, 2.75) is 6.42 Å². The number of piperazine rings is 1. The first-order valence-corrected chi connectivity index (χ1v) is 9.56. The number of guanidine groups is 1. The summed E-state index contributed by atoms with van der Waals surface area (Å²) in [7, 11) is 0. The lowest BCUT2D eigenvalue weighted by atomic mass is 10.3. The van der Waals surface area contributed by atoms with Gasteiger partial charge >= 0.3 is 0 Å². The van der Waals surface area contributed by atoms with Crippen LogP contribution in [0.15, 0.2) is 60.0 Å². The molecule has 0 atom stereocenters. The van der Waals surface area contributed by atoms with Crippen molar-refractivity contribution in [3.8, 4) is 5.69 Å². The van der Waals surface area contributed by atoms with Gasteiger partial charge in [0.1, 0.15) is 5.82 Å². The molecule has 1 aliphatic heterocycles. The predicted molar refractivity (Wildman–Crippen MR) is 110 cm³/mol. The van der Waals surface area contributed by atoms with Gasteiger partial charge in [-0.25, -0.2) is 19.0 Å². The van der Waals surface area contributed by atoms with E-state index in [1.807, 2.05) is 18.3 Å². The Morgan fingerprint density at radius 2 is 1.76 bits per heavy atom. The van der Waals surface area contributed by atoms with E-state index in [1.54, 1.807) is 29.2 Å². The lowest BCUT2D eigenvalue weighted by Crippen LogP contribution is -2.51. The first-order valence-electron chi connectivity index (χ1n) is 9.56. The van der Waals surface area contributed by atoms with Gasteiger partial charge in [0.2, 0.25) is 5.95 Å². The number of aliphatic imine (C=N–C) groups is 1. The number of nitrogens with two attached hydrogens (primary N) is 1. The van der Waals surface area contributed by atoms with Crippen molar-refractivity contribution < 1.29 is 4.39 Å². The molecule has 0 saturated carbocycles. The average molecular weight is 394 g/mol. The molecule has 0 unspecified atom stereocenters. The van der Waals surface area contributed by atoms with E-state index in [4.69, 9.17) is 5.73 Å². The van der Waals surface area contributed by atoms with Gasteiger partial charge < -0.3 is 15.5 Å². The molecule has 1 fully saturated rings. The Labute approximate surface area is 168 Å². The Balaban J connectivity index is 1.27. The Bertz CT molecular complexity index is 946. The molecule has 0 amide bonds. The van der Waals surface area contributed by atoms with Crippen molar-refractivity contribution in [2.75, 3.05) is 37.6 Å². The van der Waals surface area contributed by atoms with Crippen LogP contribution in [0.1, 0.15) is 5.69 Å². The second-order valence-electron chi connectivity index (χ2n) is 6.74. The fourth-order valence-electron chi connectivity index (χ4n) is 3.21. The molecule has 3 heterocycles. The molecule has 29 heavy (non-hydrogen) atoms. The quantitative estimate of drug-likeness (QED) is 0.521. The van der Waals surface area contributed by atoms with Crippen LogP contribution in [-0.4, -0.2) is 63.3 Å². The third kappa shape index (κ3) is 4.68. The van der Waals surface area contributed by atoms with Crippen LogP contribution < -0.4 is 10.6 Å². The summed E-state index contributed by atoms with van der Waals surface area (Å²) in [4.78, 5) is 17.3. The van der Waals surface area contributed by atoms with Crippen LogP contribution >= 0.6 is 0 Å². The van der Waals surface area contributed by atoms with Crippen LogP contribution in [0.5, 0.6) is 0 Å². The van der Waals surface area contributed by atoms with Crippen molar-refractivity contribution in [3.63, 3.8) is 0 Å². The summed E-state index contributed by atoms with van der Waals surface area (Å²) in [5.41, 5.74) is 7.91. The topological polar surface area (TPSA) is 88.5 Å². The number of aromatic nitrogens is 4. The maximum atomic E-state index is 13.0. The monoisotopic (exact) mass is 394 g/mol. The maximum absolute atomic E-state index is 13.0. The number of nitrogens with zero attached hydrogens (tertiary/aromatic N) is 7. The number of anilines is 1. The molecular weight excluding hydrogens is 371 g/mol. The minimum Gasteiger partial charge on any atom is -0.370 e. The highest BCUT2D eigenvalue weighted by Gasteiger charge is 2.19. The zero-order valence-electron chi connectivity index (χ0n) is 16.0. The van der Waals surface area contributed by atoms with Gasteiger partial charge in [-0.1, -0.05) is 0 Å².